The van der Waals surface area contributed by atoms with Crippen LogP contribution in [0.25, 0.3) is 0 Å². The van der Waals surface area contributed by atoms with E-state index in [0.717, 1.165) is 23.6 Å². The summed E-state index contributed by atoms with van der Waals surface area (Å²) in [6, 6.07) is 12.0. The van der Waals surface area contributed by atoms with Gasteiger partial charge in [0.15, 0.2) is 0 Å². The molecule has 1 unspecified atom stereocenters. The number of hydrogen-bond donors (Lipinski definition) is 1. The largest absolute Gasteiger partial charge is 0.456 e. The predicted octanol–water partition coefficient (Wildman–Crippen LogP) is 4.58. The molecular formula is C18H24N2O. The van der Waals surface area contributed by atoms with Crippen molar-refractivity contribution < 1.29 is 4.74 Å². The number of rotatable bonds is 4. The summed E-state index contributed by atoms with van der Waals surface area (Å²) in [6.45, 7) is 8.62. The summed E-state index contributed by atoms with van der Waals surface area (Å²) in [6.07, 6.45) is 2.61. The lowest BCUT2D eigenvalue weighted by molar-refractivity contribution is 0.475. The number of hydrogen-bond acceptors (Lipinski definition) is 3. The molecule has 0 fully saturated rings. The zero-order valence-electron chi connectivity index (χ0n) is 13.3. The van der Waals surface area contributed by atoms with Crippen LogP contribution in [0.2, 0.25) is 0 Å². The quantitative estimate of drug-likeness (QED) is 0.893. The fourth-order valence-electron chi connectivity index (χ4n) is 2.04. The van der Waals surface area contributed by atoms with Gasteiger partial charge in [0.2, 0.25) is 0 Å². The molecule has 0 spiro atoms. The summed E-state index contributed by atoms with van der Waals surface area (Å²) in [7, 11) is 0. The molecule has 1 atom stereocenters. The molecule has 0 saturated heterocycles. The van der Waals surface area contributed by atoms with Crippen molar-refractivity contribution >= 4 is 0 Å². The third-order valence-corrected chi connectivity index (χ3v) is 3.51. The Hall–Kier alpha value is -1.87. The highest BCUT2D eigenvalue weighted by molar-refractivity contribution is 5.36. The lowest BCUT2D eigenvalue weighted by atomic mass is 9.87. The molecule has 3 nitrogen and oxygen atoms in total. The van der Waals surface area contributed by atoms with E-state index < -0.39 is 0 Å². The molecule has 0 saturated carbocycles. The van der Waals surface area contributed by atoms with Crippen molar-refractivity contribution in [2.24, 2.45) is 5.73 Å². The summed E-state index contributed by atoms with van der Waals surface area (Å²) in [5, 5.41) is 0. The van der Waals surface area contributed by atoms with Gasteiger partial charge in [-0.1, -0.05) is 39.8 Å². The summed E-state index contributed by atoms with van der Waals surface area (Å²) in [5.41, 5.74) is 8.21. The monoisotopic (exact) mass is 284 g/mol. The number of benzene rings is 1. The molecule has 1 heterocycles. The van der Waals surface area contributed by atoms with Crippen LogP contribution in [0.5, 0.6) is 11.5 Å². The summed E-state index contributed by atoms with van der Waals surface area (Å²) < 4.78 is 5.88. The summed E-state index contributed by atoms with van der Waals surface area (Å²) in [4.78, 5) is 4.37. The second-order valence-electron chi connectivity index (χ2n) is 6.31. The van der Waals surface area contributed by atoms with Crippen molar-refractivity contribution in [3.8, 4) is 11.5 Å². The number of pyridine rings is 1. The molecule has 0 radical (unpaired) electrons. The van der Waals surface area contributed by atoms with Gasteiger partial charge in [0, 0.05) is 6.04 Å². The Morgan fingerprint density at radius 2 is 1.90 bits per heavy atom. The van der Waals surface area contributed by atoms with Crippen molar-refractivity contribution in [3.63, 3.8) is 0 Å². The first kappa shape index (κ1) is 15.5. The van der Waals surface area contributed by atoms with E-state index in [1.807, 2.05) is 24.3 Å². The van der Waals surface area contributed by atoms with Crippen LogP contribution in [0.15, 0.2) is 42.6 Å². The molecule has 1 aromatic heterocycles. The van der Waals surface area contributed by atoms with Crippen LogP contribution in [0.4, 0.5) is 0 Å². The highest BCUT2D eigenvalue weighted by Gasteiger charge is 2.14. The van der Waals surface area contributed by atoms with Crippen molar-refractivity contribution in [2.45, 2.75) is 45.6 Å². The molecular weight excluding hydrogens is 260 g/mol. The van der Waals surface area contributed by atoms with E-state index in [1.54, 1.807) is 6.20 Å². The Labute approximate surface area is 127 Å². The van der Waals surface area contributed by atoms with Gasteiger partial charge in [-0.2, -0.15) is 0 Å². The van der Waals surface area contributed by atoms with E-state index in [4.69, 9.17) is 10.5 Å². The standard InChI is InChI=1S/C18H24N2O/c1-5-16(19)17-10-9-15(12-20-17)21-14-8-6-7-13(11-14)18(2,3)4/h6-12,16H,5,19H2,1-4H3. The van der Waals surface area contributed by atoms with Crippen LogP contribution in [-0.4, -0.2) is 4.98 Å². The molecule has 2 rings (SSSR count). The zero-order valence-corrected chi connectivity index (χ0v) is 13.3. The molecule has 1 aromatic carbocycles. The molecule has 0 aliphatic rings. The zero-order chi connectivity index (χ0) is 15.5. The van der Waals surface area contributed by atoms with E-state index in [0.29, 0.717) is 0 Å². The first-order valence-electron chi connectivity index (χ1n) is 7.40. The Bertz CT molecular complexity index is 585. The van der Waals surface area contributed by atoms with Crippen molar-refractivity contribution in [2.75, 3.05) is 0 Å². The van der Waals surface area contributed by atoms with Crippen LogP contribution >= 0.6 is 0 Å². The van der Waals surface area contributed by atoms with Gasteiger partial charge in [-0.25, -0.2) is 0 Å². The Morgan fingerprint density at radius 1 is 1.14 bits per heavy atom. The SMILES string of the molecule is CCC(N)c1ccc(Oc2cccc(C(C)(C)C)c2)cn1. The van der Waals surface area contributed by atoms with Crippen molar-refractivity contribution in [3.05, 3.63) is 53.9 Å². The molecule has 112 valence electrons. The topological polar surface area (TPSA) is 48.1 Å². The normalized spacial score (nSPS) is 13.0. The van der Waals surface area contributed by atoms with E-state index in [-0.39, 0.29) is 11.5 Å². The number of ether oxygens (including phenoxy) is 1. The van der Waals surface area contributed by atoms with Gasteiger partial charge < -0.3 is 10.5 Å². The van der Waals surface area contributed by atoms with E-state index in [9.17, 15) is 0 Å². The molecule has 2 N–H and O–H groups in total. The first-order chi connectivity index (χ1) is 9.90. The third kappa shape index (κ3) is 4.05. The van der Waals surface area contributed by atoms with E-state index in [1.165, 1.54) is 5.56 Å². The number of nitrogens with zero attached hydrogens (tertiary/aromatic N) is 1. The number of nitrogens with two attached hydrogens (primary N) is 1. The van der Waals surface area contributed by atoms with Crippen LogP contribution < -0.4 is 10.5 Å². The maximum atomic E-state index is 5.96. The van der Waals surface area contributed by atoms with Crippen LogP contribution in [0, 0.1) is 0 Å². The average Bonchev–Trinajstić information content (AvgIpc) is 2.47. The summed E-state index contributed by atoms with van der Waals surface area (Å²) in [5.74, 6) is 1.56. The maximum Gasteiger partial charge on any atom is 0.145 e. The Kier molecular flexibility index (Phi) is 4.63. The molecule has 0 aliphatic heterocycles. The maximum absolute atomic E-state index is 5.96. The van der Waals surface area contributed by atoms with Gasteiger partial charge in [0.1, 0.15) is 11.5 Å². The van der Waals surface area contributed by atoms with Crippen LogP contribution in [0.1, 0.15) is 51.4 Å². The minimum atomic E-state index is -0.0109. The predicted molar refractivity (Wildman–Crippen MR) is 86.7 cm³/mol. The third-order valence-electron chi connectivity index (χ3n) is 3.51. The Morgan fingerprint density at radius 3 is 2.48 bits per heavy atom. The smallest absolute Gasteiger partial charge is 0.145 e. The first-order valence-corrected chi connectivity index (χ1v) is 7.40. The van der Waals surface area contributed by atoms with E-state index >= 15 is 0 Å². The fraction of sp³-hybridized carbons (Fsp3) is 0.389. The Balaban J connectivity index is 2.15. The minimum absolute atomic E-state index is 0.0109. The van der Waals surface area contributed by atoms with E-state index in [2.05, 4.69) is 44.8 Å². The lowest BCUT2D eigenvalue weighted by Gasteiger charge is -2.19. The van der Waals surface area contributed by atoms with Crippen molar-refractivity contribution in [1.29, 1.82) is 0 Å². The van der Waals surface area contributed by atoms with Gasteiger partial charge in [0.25, 0.3) is 0 Å². The van der Waals surface area contributed by atoms with Gasteiger partial charge in [-0.15, -0.1) is 0 Å². The minimum Gasteiger partial charge on any atom is -0.456 e. The van der Waals surface area contributed by atoms with Crippen molar-refractivity contribution in [1.82, 2.24) is 4.98 Å². The molecule has 0 aliphatic carbocycles. The van der Waals surface area contributed by atoms with Crippen LogP contribution in [-0.2, 0) is 5.41 Å². The average molecular weight is 284 g/mol. The fourth-order valence-corrected chi connectivity index (χ4v) is 2.04. The highest BCUT2D eigenvalue weighted by atomic mass is 16.5. The van der Waals surface area contributed by atoms with Gasteiger partial charge in [0.05, 0.1) is 11.9 Å². The molecule has 0 amide bonds. The highest BCUT2D eigenvalue weighted by Crippen LogP contribution is 2.28. The molecule has 0 bridgehead atoms. The van der Waals surface area contributed by atoms with Gasteiger partial charge in [-0.05, 0) is 41.7 Å². The molecule has 3 heteroatoms. The lowest BCUT2D eigenvalue weighted by Crippen LogP contribution is -2.11. The summed E-state index contributed by atoms with van der Waals surface area (Å²) >= 11 is 0. The molecule has 21 heavy (non-hydrogen) atoms. The number of aromatic nitrogens is 1. The second kappa shape index (κ2) is 6.27. The second-order valence-corrected chi connectivity index (χ2v) is 6.31. The van der Waals surface area contributed by atoms with Gasteiger partial charge in [-0.3, -0.25) is 4.98 Å². The van der Waals surface area contributed by atoms with Gasteiger partial charge >= 0.3 is 0 Å². The van der Waals surface area contributed by atoms with Crippen LogP contribution in [0.3, 0.4) is 0 Å². The molecule has 2 aromatic rings.